The van der Waals surface area contributed by atoms with Crippen molar-refractivity contribution < 1.29 is 9.59 Å². The molecule has 20 heavy (non-hydrogen) atoms. The van der Waals surface area contributed by atoms with E-state index in [-0.39, 0.29) is 11.8 Å². The summed E-state index contributed by atoms with van der Waals surface area (Å²) in [6.45, 7) is 2.38. The van der Waals surface area contributed by atoms with E-state index in [0.717, 1.165) is 24.3 Å². The van der Waals surface area contributed by atoms with E-state index in [4.69, 9.17) is 0 Å². The van der Waals surface area contributed by atoms with Gasteiger partial charge in [-0.3, -0.25) is 9.59 Å². The smallest absolute Gasteiger partial charge is 0.263 e. The molecular weight excluding hydrogens is 274 g/mol. The third-order valence-corrected chi connectivity index (χ3v) is 4.58. The Labute approximate surface area is 123 Å². The Morgan fingerprint density at radius 2 is 2.15 bits per heavy atom. The Kier molecular flexibility index (Phi) is 5.52. The summed E-state index contributed by atoms with van der Waals surface area (Å²) >= 11 is 1.40. The molecular formula is C14H21N3O2S. The molecule has 2 rings (SSSR count). The minimum Gasteiger partial charge on any atom is -0.353 e. The highest BCUT2D eigenvalue weighted by molar-refractivity contribution is 7.13. The molecule has 0 radical (unpaired) electrons. The highest BCUT2D eigenvalue weighted by Gasteiger charge is 2.17. The molecule has 0 spiro atoms. The number of thiazole rings is 1. The van der Waals surface area contributed by atoms with E-state index < -0.39 is 0 Å². The number of aryl methyl sites for hydroxylation is 1. The highest BCUT2D eigenvalue weighted by Crippen LogP contribution is 2.17. The lowest BCUT2D eigenvalue weighted by atomic mass is 10.2. The Hall–Kier alpha value is -1.43. The van der Waals surface area contributed by atoms with Crippen molar-refractivity contribution >= 4 is 23.2 Å². The van der Waals surface area contributed by atoms with Gasteiger partial charge >= 0.3 is 0 Å². The topological polar surface area (TPSA) is 71.1 Å². The maximum Gasteiger partial charge on any atom is 0.263 e. The lowest BCUT2D eigenvalue weighted by Gasteiger charge is -2.11. The summed E-state index contributed by atoms with van der Waals surface area (Å²) in [7, 11) is 0. The monoisotopic (exact) mass is 295 g/mol. The lowest BCUT2D eigenvalue weighted by Crippen LogP contribution is -2.35. The predicted octanol–water partition coefficient (Wildman–Crippen LogP) is 1.88. The minimum absolute atomic E-state index is 0.0238. The fourth-order valence-corrected chi connectivity index (χ4v) is 3.10. The van der Waals surface area contributed by atoms with E-state index in [1.54, 1.807) is 6.20 Å². The van der Waals surface area contributed by atoms with Gasteiger partial charge in [0.05, 0.1) is 11.2 Å². The second-order valence-electron chi connectivity index (χ2n) is 5.03. The second-order valence-corrected chi connectivity index (χ2v) is 6.14. The van der Waals surface area contributed by atoms with Gasteiger partial charge in [-0.15, -0.1) is 11.3 Å². The van der Waals surface area contributed by atoms with Crippen molar-refractivity contribution in [3.63, 3.8) is 0 Å². The largest absolute Gasteiger partial charge is 0.353 e. The average molecular weight is 295 g/mol. The molecule has 0 unspecified atom stereocenters. The van der Waals surface area contributed by atoms with Crippen LogP contribution < -0.4 is 10.6 Å². The van der Waals surface area contributed by atoms with Crippen molar-refractivity contribution in [3.8, 4) is 0 Å². The number of nitrogens with one attached hydrogen (secondary N) is 2. The summed E-state index contributed by atoms with van der Waals surface area (Å²) in [5.41, 5.74) is 0. The standard InChI is InChI=1S/C14H21N3O2S/c1-2-13-16-9-11(20-13)14(19)15-8-7-12(18)17-10-5-3-4-6-10/h9-10H,2-8H2,1H3,(H,15,19)(H,17,18). The SMILES string of the molecule is CCc1ncc(C(=O)NCCC(=O)NC2CCCC2)s1. The fraction of sp³-hybridized carbons (Fsp3) is 0.643. The summed E-state index contributed by atoms with van der Waals surface area (Å²) in [6.07, 6.45) is 7.33. The molecule has 2 amide bonds. The second kappa shape index (κ2) is 7.38. The van der Waals surface area contributed by atoms with Crippen molar-refractivity contribution in [2.75, 3.05) is 6.54 Å². The third kappa shape index (κ3) is 4.30. The van der Waals surface area contributed by atoms with Crippen LogP contribution in [0.1, 0.15) is 53.7 Å². The summed E-state index contributed by atoms with van der Waals surface area (Å²) in [6, 6.07) is 0.340. The maximum atomic E-state index is 11.8. The summed E-state index contributed by atoms with van der Waals surface area (Å²) in [5.74, 6) is -0.119. The molecule has 1 aliphatic carbocycles. The van der Waals surface area contributed by atoms with E-state index in [1.165, 1.54) is 24.2 Å². The molecule has 5 nitrogen and oxygen atoms in total. The molecule has 0 bridgehead atoms. The highest BCUT2D eigenvalue weighted by atomic mass is 32.1. The predicted molar refractivity (Wildman–Crippen MR) is 78.8 cm³/mol. The molecule has 6 heteroatoms. The van der Waals surface area contributed by atoms with Crippen molar-refractivity contribution in [2.45, 2.75) is 51.5 Å². The third-order valence-electron chi connectivity index (χ3n) is 3.44. The van der Waals surface area contributed by atoms with E-state index in [2.05, 4.69) is 15.6 Å². The lowest BCUT2D eigenvalue weighted by molar-refractivity contribution is -0.121. The molecule has 2 N–H and O–H groups in total. The molecule has 0 aliphatic heterocycles. The first-order chi connectivity index (χ1) is 9.69. The normalized spacial score (nSPS) is 15.2. The zero-order valence-electron chi connectivity index (χ0n) is 11.8. The van der Waals surface area contributed by atoms with Crippen LogP contribution in [0.15, 0.2) is 6.20 Å². The van der Waals surface area contributed by atoms with Crippen LogP contribution in [0.4, 0.5) is 0 Å². The van der Waals surface area contributed by atoms with Crippen LogP contribution in [0, 0.1) is 0 Å². The zero-order chi connectivity index (χ0) is 14.4. The van der Waals surface area contributed by atoms with Gasteiger partial charge < -0.3 is 10.6 Å². The van der Waals surface area contributed by atoms with Gasteiger partial charge in [0, 0.05) is 19.0 Å². The Morgan fingerprint density at radius 1 is 1.40 bits per heavy atom. The molecule has 0 aromatic carbocycles. The molecule has 1 aliphatic rings. The molecule has 1 heterocycles. The number of aromatic nitrogens is 1. The summed E-state index contributed by atoms with van der Waals surface area (Å²) in [4.78, 5) is 28.3. The number of nitrogens with zero attached hydrogens (tertiary/aromatic N) is 1. The van der Waals surface area contributed by atoms with Gasteiger partial charge in [0.15, 0.2) is 0 Å². The molecule has 1 fully saturated rings. The van der Waals surface area contributed by atoms with Gasteiger partial charge in [-0.05, 0) is 19.3 Å². The Morgan fingerprint density at radius 3 is 2.80 bits per heavy atom. The first kappa shape index (κ1) is 15.0. The van der Waals surface area contributed by atoms with Gasteiger partial charge in [0.1, 0.15) is 4.88 Å². The Balaban J connectivity index is 1.66. The van der Waals surface area contributed by atoms with E-state index in [9.17, 15) is 9.59 Å². The van der Waals surface area contributed by atoms with Gasteiger partial charge in [-0.2, -0.15) is 0 Å². The van der Waals surface area contributed by atoms with E-state index in [0.29, 0.717) is 23.9 Å². The first-order valence-electron chi connectivity index (χ1n) is 7.21. The minimum atomic E-state index is -0.143. The molecule has 1 aromatic heterocycles. The molecule has 0 atom stereocenters. The molecule has 0 saturated heterocycles. The van der Waals surface area contributed by atoms with Crippen molar-refractivity contribution in [1.29, 1.82) is 0 Å². The van der Waals surface area contributed by atoms with Gasteiger partial charge in [-0.1, -0.05) is 19.8 Å². The first-order valence-corrected chi connectivity index (χ1v) is 8.03. The van der Waals surface area contributed by atoms with Crippen LogP contribution in [-0.4, -0.2) is 29.4 Å². The molecule has 110 valence electrons. The van der Waals surface area contributed by atoms with Crippen LogP contribution in [0.25, 0.3) is 0 Å². The molecule has 1 saturated carbocycles. The average Bonchev–Trinajstić information content (AvgIpc) is 3.09. The van der Waals surface area contributed by atoms with Crippen LogP contribution in [-0.2, 0) is 11.2 Å². The number of hydrogen-bond donors (Lipinski definition) is 2. The maximum absolute atomic E-state index is 11.8. The fourth-order valence-electron chi connectivity index (χ4n) is 2.33. The summed E-state index contributed by atoms with van der Waals surface area (Å²) in [5, 5.41) is 6.72. The summed E-state index contributed by atoms with van der Waals surface area (Å²) < 4.78 is 0. The van der Waals surface area contributed by atoms with E-state index in [1.807, 2.05) is 6.92 Å². The number of amides is 2. The van der Waals surface area contributed by atoms with Crippen LogP contribution in [0.3, 0.4) is 0 Å². The number of carbonyl (C=O) groups excluding carboxylic acids is 2. The number of hydrogen-bond acceptors (Lipinski definition) is 4. The van der Waals surface area contributed by atoms with Crippen LogP contribution in [0.2, 0.25) is 0 Å². The van der Waals surface area contributed by atoms with Gasteiger partial charge in [0.25, 0.3) is 5.91 Å². The van der Waals surface area contributed by atoms with Gasteiger partial charge in [-0.25, -0.2) is 4.98 Å². The number of carbonyl (C=O) groups is 2. The molecule has 1 aromatic rings. The Bertz CT molecular complexity index is 467. The quantitative estimate of drug-likeness (QED) is 0.842. The number of rotatable bonds is 6. The zero-order valence-corrected chi connectivity index (χ0v) is 12.6. The van der Waals surface area contributed by atoms with E-state index >= 15 is 0 Å². The van der Waals surface area contributed by atoms with Crippen molar-refractivity contribution in [1.82, 2.24) is 15.6 Å². The van der Waals surface area contributed by atoms with Crippen LogP contribution in [0.5, 0.6) is 0 Å². The van der Waals surface area contributed by atoms with Crippen molar-refractivity contribution in [3.05, 3.63) is 16.1 Å². The van der Waals surface area contributed by atoms with Crippen molar-refractivity contribution in [2.24, 2.45) is 0 Å². The van der Waals surface area contributed by atoms with Crippen LogP contribution >= 0.6 is 11.3 Å². The van der Waals surface area contributed by atoms with Gasteiger partial charge in [0.2, 0.25) is 5.91 Å².